The second kappa shape index (κ2) is 7.13. The number of carbonyl (C=O) groups is 3. The third kappa shape index (κ3) is 4.21. The summed E-state index contributed by atoms with van der Waals surface area (Å²) in [7, 11) is 0. The molecule has 7 nitrogen and oxygen atoms in total. The Balaban J connectivity index is 1.92. The van der Waals surface area contributed by atoms with Crippen molar-refractivity contribution in [2.45, 2.75) is 25.8 Å². The van der Waals surface area contributed by atoms with E-state index in [2.05, 4.69) is 0 Å². The summed E-state index contributed by atoms with van der Waals surface area (Å²) in [5.41, 5.74) is 5.51. The highest BCUT2D eigenvalue weighted by molar-refractivity contribution is 5.92. The van der Waals surface area contributed by atoms with Crippen molar-refractivity contribution in [2.24, 2.45) is 11.7 Å². The molecule has 2 amide bonds. The summed E-state index contributed by atoms with van der Waals surface area (Å²) in [5, 5.41) is 9.10. The fourth-order valence-corrected chi connectivity index (χ4v) is 2.60. The molecule has 1 aliphatic heterocycles. The number of hydrogen-bond acceptors (Lipinski definition) is 4. The molecule has 1 saturated heterocycles. The lowest BCUT2D eigenvalue weighted by Crippen LogP contribution is -2.49. The van der Waals surface area contributed by atoms with Crippen LogP contribution in [0.25, 0.3) is 0 Å². The fourth-order valence-electron chi connectivity index (χ4n) is 2.60. The molecule has 1 aliphatic rings. The quantitative estimate of drug-likeness (QED) is 0.836. The number of primary amides is 1. The zero-order valence-corrected chi connectivity index (χ0v) is 12.9. The second-order valence-electron chi connectivity index (χ2n) is 5.68. The normalized spacial score (nSPS) is 20.8. The van der Waals surface area contributed by atoms with Crippen molar-refractivity contribution in [3.8, 4) is 5.75 Å². The summed E-state index contributed by atoms with van der Waals surface area (Å²) >= 11 is 0. The third-order valence-electron chi connectivity index (χ3n) is 4.05. The van der Waals surface area contributed by atoms with Crippen LogP contribution in [0.15, 0.2) is 24.3 Å². The van der Waals surface area contributed by atoms with Gasteiger partial charge in [0.1, 0.15) is 5.75 Å². The van der Waals surface area contributed by atoms with Crippen LogP contribution in [0.1, 0.15) is 30.1 Å². The molecule has 2 atom stereocenters. The highest BCUT2D eigenvalue weighted by Crippen LogP contribution is 2.22. The van der Waals surface area contributed by atoms with E-state index in [9.17, 15) is 14.4 Å². The second-order valence-corrected chi connectivity index (χ2v) is 5.68. The van der Waals surface area contributed by atoms with Gasteiger partial charge < -0.3 is 20.5 Å². The van der Waals surface area contributed by atoms with Crippen molar-refractivity contribution in [1.82, 2.24) is 4.90 Å². The Labute approximate surface area is 134 Å². The van der Waals surface area contributed by atoms with Crippen LogP contribution in [0.5, 0.6) is 5.75 Å². The number of carboxylic acids is 1. The Kier molecular flexibility index (Phi) is 5.20. The average molecular weight is 320 g/mol. The van der Waals surface area contributed by atoms with E-state index in [1.165, 1.54) is 12.1 Å². The van der Waals surface area contributed by atoms with E-state index in [1.807, 2.05) is 6.92 Å². The number of rotatable bonds is 5. The number of amides is 2. The molecule has 2 rings (SSSR count). The predicted molar refractivity (Wildman–Crippen MR) is 82.0 cm³/mol. The van der Waals surface area contributed by atoms with E-state index in [0.717, 1.165) is 0 Å². The lowest BCUT2D eigenvalue weighted by molar-refractivity contribution is -0.147. The summed E-state index contributed by atoms with van der Waals surface area (Å²) in [6.07, 6.45) is 1.24. The van der Waals surface area contributed by atoms with Gasteiger partial charge in [-0.25, -0.2) is 0 Å². The smallest absolute Gasteiger partial charge is 0.308 e. The molecule has 0 aliphatic carbocycles. The Morgan fingerprint density at radius 3 is 2.48 bits per heavy atom. The fraction of sp³-hybridized carbons (Fsp3) is 0.438. The molecule has 0 saturated carbocycles. The van der Waals surface area contributed by atoms with Gasteiger partial charge in [-0.3, -0.25) is 14.4 Å². The summed E-state index contributed by atoms with van der Waals surface area (Å²) in [6, 6.07) is 6.16. The van der Waals surface area contributed by atoms with Crippen LogP contribution < -0.4 is 10.5 Å². The lowest BCUT2D eigenvalue weighted by atomic mass is 9.93. The third-order valence-corrected chi connectivity index (χ3v) is 4.05. The largest absolute Gasteiger partial charge is 0.484 e. The number of nitrogens with zero attached hydrogens (tertiary/aromatic N) is 1. The highest BCUT2D eigenvalue weighted by Gasteiger charge is 2.32. The van der Waals surface area contributed by atoms with Crippen molar-refractivity contribution in [3.05, 3.63) is 29.8 Å². The maximum Gasteiger partial charge on any atom is 0.308 e. The lowest BCUT2D eigenvalue weighted by Gasteiger charge is -2.36. The van der Waals surface area contributed by atoms with E-state index in [0.29, 0.717) is 24.2 Å². The number of aliphatic carboxylic acids is 1. The molecule has 1 heterocycles. The molecule has 0 spiro atoms. The first-order valence-corrected chi connectivity index (χ1v) is 7.43. The van der Waals surface area contributed by atoms with Crippen LogP contribution in [0.2, 0.25) is 0 Å². The van der Waals surface area contributed by atoms with Gasteiger partial charge in [-0.2, -0.15) is 0 Å². The van der Waals surface area contributed by atoms with Crippen molar-refractivity contribution in [1.29, 1.82) is 0 Å². The zero-order valence-electron chi connectivity index (χ0n) is 12.9. The first kappa shape index (κ1) is 16.8. The van der Waals surface area contributed by atoms with Gasteiger partial charge in [0, 0.05) is 18.2 Å². The predicted octanol–water partition coefficient (Wildman–Crippen LogP) is 0.876. The topological polar surface area (TPSA) is 110 Å². The van der Waals surface area contributed by atoms with Crippen LogP contribution in [0, 0.1) is 5.92 Å². The van der Waals surface area contributed by atoms with Gasteiger partial charge in [-0.1, -0.05) is 0 Å². The van der Waals surface area contributed by atoms with Gasteiger partial charge in [-0.15, -0.1) is 0 Å². The molecule has 1 aromatic carbocycles. The number of hydrogen-bond donors (Lipinski definition) is 2. The maximum atomic E-state index is 12.3. The Hall–Kier alpha value is -2.57. The molecule has 1 fully saturated rings. The summed E-state index contributed by atoms with van der Waals surface area (Å²) < 4.78 is 5.41. The summed E-state index contributed by atoms with van der Waals surface area (Å²) in [5.74, 6) is -1.73. The molecule has 0 aromatic heterocycles. The molecule has 3 N–H and O–H groups in total. The molecule has 7 heteroatoms. The van der Waals surface area contributed by atoms with Crippen molar-refractivity contribution in [2.75, 3.05) is 13.2 Å². The Morgan fingerprint density at radius 1 is 1.26 bits per heavy atom. The van der Waals surface area contributed by atoms with E-state index >= 15 is 0 Å². The molecule has 23 heavy (non-hydrogen) atoms. The highest BCUT2D eigenvalue weighted by atomic mass is 16.5. The molecular formula is C16H20N2O5. The SMILES string of the molecule is CC1CCC(C(=O)O)CN1C(=O)COc1ccc(C(N)=O)cc1. The monoisotopic (exact) mass is 320 g/mol. The van der Waals surface area contributed by atoms with Gasteiger partial charge in [-0.05, 0) is 44.0 Å². The standard InChI is InChI=1S/C16H20N2O5/c1-10-2-3-12(16(21)22)8-18(10)14(19)9-23-13-6-4-11(5-7-13)15(17)20/h4-7,10,12H,2-3,8-9H2,1H3,(H2,17,20)(H,21,22). The van der Waals surface area contributed by atoms with Gasteiger partial charge in [0.2, 0.25) is 5.91 Å². The van der Waals surface area contributed by atoms with Gasteiger partial charge in [0.15, 0.2) is 6.61 Å². The van der Waals surface area contributed by atoms with Crippen LogP contribution in [-0.2, 0) is 9.59 Å². The molecule has 1 aromatic rings. The van der Waals surface area contributed by atoms with Gasteiger partial charge >= 0.3 is 5.97 Å². The molecule has 0 bridgehead atoms. The first-order chi connectivity index (χ1) is 10.9. The average Bonchev–Trinajstić information content (AvgIpc) is 2.53. The Bertz CT molecular complexity index is 599. The van der Waals surface area contributed by atoms with Crippen LogP contribution in [0.4, 0.5) is 0 Å². The molecule has 2 unspecified atom stereocenters. The van der Waals surface area contributed by atoms with Crippen molar-refractivity contribution in [3.63, 3.8) is 0 Å². The van der Waals surface area contributed by atoms with Crippen LogP contribution in [0.3, 0.4) is 0 Å². The first-order valence-electron chi connectivity index (χ1n) is 7.43. The number of piperidine rings is 1. The molecular weight excluding hydrogens is 300 g/mol. The Morgan fingerprint density at radius 2 is 1.91 bits per heavy atom. The number of ether oxygens (including phenoxy) is 1. The number of carboxylic acid groups (broad SMARTS) is 1. The van der Waals surface area contributed by atoms with E-state index in [-0.39, 0.29) is 25.1 Å². The number of likely N-dealkylation sites (tertiary alicyclic amines) is 1. The zero-order chi connectivity index (χ0) is 17.0. The summed E-state index contributed by atoms with van der Waals surface area (Å²) in [6.45, 7) is 1.93. The maximum absolute atomic E-state index is 12.3. The number of carbonyl (C=O) groups excluding carboxylic acids is 2. The van der Waals surface area contributed by atoms with Crippen molar-refractivity contribution < 1.29 is 24.2 Å². The van der Waals surface area contributed by atoms with Crippen molar-refractivity contribution >= 4 is 17.8 Å². The summed E-state index contributed by atoms with van der Waals surface area (Å²) in [4.78, 5) is 35.9. The minimum Gasteiger partial charge on any atom is -0.484 e. The number of benzene rings is 1. The van der Waals surface area contributed by atoms with Crippen LogP contribution >= 0.6 is 0 Å². The minimum atomic E-state index is -0.877. The van der Waals surface area contributed by atoms with E-state index in [4.69, 9.17) is 15.6 Å². The molecule has 124 valence electrons. The van der Waals surface area contributed by atoms with Gasteiger partial charge in [0.05, 0.1) is 5.92 Å². The van der Waals surface area contributed by atoms with Crippen LogP contribution in [-0.4, -0.2) is 47.0 Å². The molecule has 0 radical (unpaired) electrons. The van der Waals surface area contributed by atoms with E-state index in [1.54, 1.807) is 17.0 Å². The van der Waals surface area contributed by atoms with Gasteiger partial charge in [0.25, 0.3) is 5.91 Å². The van der Waals surface area contributed by atoms with E-state index < -0.39 is 17.8 Å². The minimum absolute atomic E-state index is 0.000984. The number of nitrogens with two attached hydrogens (primary N) is 1.